The lowest BCUT2D eigenvalue weighted by Gasteiger charge is -2.08. The molecule has 1 heterocycles. The molecule has 0 bridgehead atoms. The van der Waals surface area contributed by atoms with E-state index in [0.717, 1.165) is 21.2 Å². The van der Waals surface area contributed by atoms with Gasteiger partial charge in [-0.15, -0.1) is 11.3 Å². The molecule has 0 unspecified atom stereocenters. The van der Waals surface area contributed by atoms with Crippen LogP contribution in [-0.4, -0.2) is 18.4 Å². The van der Waals surface area contributed by atoms with Crippen molar-refractivity contribution in [3.63, 3.8) is 0 Å². The summed E-state index contributed by atoms with van der Waals surface area (Å²) < 4.78 is 0.946. The Kier molecular flexibility index (Phi) is 5.36. The van der Waals surface area contributed by atoms with Gasteiger partial charge < -0.3 is 10.6 Å². The lowest BCUT2D eigenvalue weighted by molar-refractivity contribution is -0.120. The molecule has 0 radical (unpaired) electrons. The second-order valence-corrected chi connectivity index (χ2v) is 7.06. The maximum atomic E-state index is 12.3. The number of aryl methyl sites for hydroxylation is 1. The monoisotopic (exact) mass is 372 g/mol. The number of rotatable bonds is 5. The molecule has 1 aromatic heterocycles. The first-order chi connectivity index (χ1) is 12.1. The molecular formula is C19H17ClN2O2S. The topological polar surface area (TPSA) is 58.2 Å². The van der Waals surface area contributed by atoms with Crippen molar-refractivity contribution in [3.8, 4) is 0 Å². The summed E-state index contributed by atoms with van der Waals surface area (Å²) in [7, 11) is 0. The van der Waals surface area contributed by atoms with Crippen molar-refractivity contribution < 1.29 is 9.59 Å². The van der Waals surface area contributed by atoms with Gasteiger partial charge in [0.2, 0.25) is 5.91 Å². The Morgan fingerprint density at radius 3 is 2.52 bits per heavy atom. The van der Waals surface area contributed by atoms with E-state index >= 15 is 0 Å². The molecule has 3 aromatic rings. The first-order valence-electron chi connectivity index (χ1n) is 7.82. The average molecular weight is 373 g/mol. The SMILES string of the molecule is Cc1ccccc1CNC(=O)CNC(=O)c1sc2ccccc2c1Cl. The van der Waals surface area contributed by atoms with E-state index in [4.69, 9.17) is 11.6 Å². The highest BCUT2D eigenvalue weighted by atomic mass is 35.5. The molecule has 0 saturated heterocycles. The van der Waals surface area contributed by atoms with Crippen molar-refractivity contribution in [1.29, 1.82) is 0 Å². The predicted octanol–water partition coefficient (Wildman–Crippen LogP) is 3.91. The number of nitrogens with one attached hydrogen (secondary N) is 2. The summed E-state index contributed by atoms with van der Waals surface area (Å²) in [5.41, 5.74) is 2.17. The molecule has 0 atom stereocenters. The maximum Gasteiger partial charge on any atom is 0.263 e. The third kappa shape index (κ3) is 4.00. The fraction of sp³-hybridized carbons (Fsp3) is 0.158. The molecule has 4 nitrogen and oxygen atoms in total. The molecular weight excluding hydrogens is 356 g/mol. The molecule has 0 aliphatic heterocycles. The Balaban J connectivity index is 1.57. The number of hydrogen-bond acceptors (Lipinski definition) is 3. The Bertz CT molecular complexity index is 936. The molecule has 0 aliphatic carbocycles. The summed E-state index contributed by atoms with van der Waals surface area (Å²) in [6.45, 7) is 2.34. The van der Waals surface area contributed by atoms with Gasteiger partial charge in [-0.05, 0) is 24.1 Å². The van der Waals surface area contributed by atoms with Crippen molar-refractivity contribution in [2.45, 2.75) is 13.5 Å². The van der Waals surface area contributed by atoms with Gasteiger partial charge in [0.15, 0.2) is 0 Å². The van der Waals surface area contributed by atoms with Gasteiger partial charge >= 0.3 is 0 Å². The van der Waals surface area contributed by atoms with Crippen molar-refractivity contribution in [1.82, 2.24) is 10.6 Å². The van der Waals surface area contributed by atoms with Crippen LogP contribution in [-0.2, 0) is 11.3 Å². The van der Waals surface area contributed by atoms with Crippen LogP contribution in [0.5, 0.6) is 0 Å². The zero-order chi connectivity index (χ0) is 17.8. The van der Waals surface area contributed by atoms with Crippen LogP contribution in [0.4, 0.5) is 0 Å². The van der Waals surface area contributed by atoms with E-state index in [1.54, 1.807) is 0 Å². The molecule has 25 heavy (non-hydrogen) atoms. The molecule has 2 amide bonds. The van der Waals surface area contributed by atoms with Crippen molar-refractivity contribution in [2.24, 2.45) is 0 Å². The van der Waals surface area contributed by atoms with E-state index in [1.807, 2.05) is 55.5 Å². The van der Waals surface area contributed by atoms with Crippen LogP contribution in [0.1, 0.15) is 20.8 Å². The third-order valence-corrected chi connectivity index (χ3v) is 5.56. The molecule has 128 valence electrons. The van der Waals surface area contributed by atoms with Crippen LogP contribution in [0.25, 0.3) is 10.1 Å². The van der Waals surface area contributed by atoms with Gasteiger partial charge in [-0.3, -0.25) is 9.59 Å². The van der Waals surface area contributed by atoms with Gasteiger partial charge in [0.25, 0.3) is 5.91 Å². The molecule has 6 heteroatoms. The first kappa shape index (κ1) is 17.5. The van der Waals surface area contributed by atoms with E-state index in [0.29, 0.717) is 16.4 Å². The highest BCUT2D eigenvalue weighted by molar-refractivity contribution is 7.21. The normalized spacial score (nSPS) is 10.6. The molecule has 0 saturated carbocycles. The number of benzene rings is 2. The highest BCUT2D eigenvalue weighted by Gasteiger charge is 2.17. The zero-order valence-electron chi connectivity index (χ0n) is 13.6. The lowest BCUT2D eigenvalue weighted by Crippen LogP contribution is -2.36. The average Bonchev–Trinajstić information content (AvgIpc) is 2.96. The van der Waals surface area contributed by atoms with Gasteiger partial charge in [-0.1, -0.05) is 54.1 Å². The molecule has 2 N–H and O–H groups in total. The van der Waals surface area contributed by atoms with Crippen LogP contribution in [0.2, 0.25) is 5.02 Å². The van der Waals surface area contributed by atoms with E-state index in [9.17, 15) is 9.59 Å². The first-order valence-corrected chi connectivity index (χ1v) is 9.02. The number of carbonyl (C=O) groups excluding carboxylic acids is 2. The molecule has 2 aromatic carbocycles. The van der Waals surface area contributed by atoms with Gasteiger partial charge in [0, 0.05) is 16.6 Å². The summed E-state index contributed by atoms with van der Waals surface area (Å²) >= 11 is 7.60. The van der Waals surface area contributed by atoms with Gasteiger partial charge in [-0.2, -0.15) is 0 Å². The summed E-state index contributed by atoms with van der Waals surface area (Å²) in [5, 5.41) is 6.71. The number of thiophene rings is 1. The minimum Gasteiger partial charge on any atom is -0.350 e. The van der Waals surface area contributed by atoms with Crippen LogP contribution in [0, 0.1) is 6.92 Å². The number of hydrogen-bond donors (Lipinski definition) is 2. The molecule has 0 spiro atoms. The lowest BCUT2D eigenvalue weighted by atomic mass is 10.1. The molecule has 0 aliphatic rings. The van der Waals surface area contributed by atoms with Gasteiger partial charge in [-0.25, -0.2) is 0 Å². The number of halogens is 1. The Hall–Kier alpha value is -2.37. The third-order valence-electron chi connectivity index (χ3n) is 3.89. The minimum atomic E-state index is -0.336. The highest BCUT2D eigenvalue weighted by Crippen LogP contribution is 2.34. The summed E-state index contributed by atoms with van der Waals surface area (Å²) in [6, 6.07) is 15.4. The Labute approximate surface area is 154 Å². The van der Waals surface area contributed by atoms with E-state index in [1.165, 1.54) is 11.3 Å². The minimum absolute atomic E-state index is 0.0880. The van der Waals surface area contributed by atoms with Gasteiger partial charge in [0.05, 0.1) is 11.6 Å². The van der Waals surface area contributed by atoms with Crippen LogP contribution >= 0.6 is 22.9 Å². The standard InChI is InChI=1S/C19H17ClN2O2S/c1-12-6-2-3-7-13(12)10-21-16(23)11-22-19(24)18-17(20)14-8-4-5-9-15(14)25-18/h2-9H,10-11H2,1H3,(H,21,23)(H,22,24). The Morgan fingerprint density at radius 2 is 1.76 bits per heavy atom. The fourth-order valence-electron chi connectivity index (χ4n) is 2.47. The van der Waals surface area contributed by atoms with Crippen LogP contribution in [0.3, 0.4) is 0 Å². The number of fused-ring (bicyclic) bond motifs is 1. The number of carbonyl (C=O) groups is 2. The largest absolute Gasteiger partial charge is 0.350 e. The second kappa shape index (κ2) is 7.68. The molecule has 0 fully saturated rings. The van der Waals surface area contributed by atoms with Crippen LogP contribution in [0.15, 0.2) is 48.5 Å². The van der Waals surface area contributed by atoms with E-state index < -0.39 is 0 Å². The van der Waals surface area contributed by atoms with Crippen LogP contribution < -0.4 is 10.6 Å². The summed E-state index contributed by atoms with van der Waals surface area (Å²) in [4.78, 5) is 24.7. The zero-order valence-corrected chi connectivity index (χ0v) is 15.2. The fourth-order valence-corrected chi connectivity index (χ4v) is 3.90. The van der Waals surface area contributed by atoms with Gasteiger partial charge in [0.1, 0.15) is 4.88 Å². The Morgan fingerprint density at radius 1 is 1.04 bits per heavy atom. The summed E-state index contributed by atoms with van der Waals surface area (Å²) in [6.07, 6.45) is 0. The predicted molar refractivity (Wildman–Crippen MR) is 102 cm³/mol. The quantitative estimate of drug-likeness (QED) is 0.713. The van der Waals surface area contributed by atoms with E-state index in [2.05, 4.69) is 10.6 Å². The van der Waals surface area contributed by atoms with E-state index in [-0.39, 0.29) is 18.4 Å². The summed E-state index contributed by atoms with van der Waals surface area (Å²) in [5.74, 6) is -0.578. The van der Waals surface area contributed by atoms with Crippen molar-refractivity contribution in [3.05, 3.63) is 69.6 Å². The smallest absolute Gasteiger partial charge is 0.263 e. The number of amides is 2. The molecule has 3 rings (SSSR count). The second-order valence-electron chi connectivity index (χ2n) is 5.63. The van der Waals surface area contributed by atoms with Crippen molar-refractivity contribution >= 4 is 44.8 Å². The maximum absolute atomic E-state index is 12.3. The van der Waals surface area contributed by atoms with Crippen molar-refractivity contribution in [2.75, 3.05) is 6.54 Å².